The van der Waals surface area contributed by atoms with Gasteiger partial charge in [0.25, 0.3) is 0 Å². The Morgan fingerprint density at radius 3 is 2.46 bits per heavy atom. The molecule has 1 saturated heterocycles. The molecule has 0 unspecified atom stereocenters. The van der Waals surface area contributed by atoms with E-state index in [1.165, 1.54) is 12.8 Å². The molecular formula is C19H28N2O3. The van der Waals surface area contributed by atoms with Crippen molar-refractivity contribution < 1.29 is 14.6 Å². The average Bonchev–Trinajstić information content (AvgIpc) is 3.07. The van der Waals surface area contributed by atoms with Crippen molar-refractivity contribution in [3.63, 3.8) is 0 Å². The lowest BCUT2D eigenvalue weighted by Gasteiger charge is -2.43. The Morgan fingerprint density at radius 2 is 1.83 bits per heavy atom. The van der Waals surface area contributed by atoms with Gasteiger partial charge >= 0.3 is 0 Å². The number of nitrogens with one attached hydrogen (secondary N) is 1. The van der Waals surface area contributed by atoms with Gasteiger partial charge in [-0.25, -0.2) is 0 Å². The number of aliphatic hydroxyl groups is 1. The second kappa shape index (κ2) is 8.10. The van der Waals surface area contributed by atoms with Gasteiger partial charge in [-0.3, -0.25) is 9.69 Å². The summed E-state index contributed by atoms with van der Waals surface area (Å²) in [6.45, 7) is 3.56. The van der Waals surface area contributed by atoms with Gasteiger partial charge in [-0.15, -0.1) is 0 Å². The predicted molar refractivity (Wildman–Crippen MR) is 94.1 cm³/mol. The molecule has 5 heteroatoms. The Balaban J connectivity index is 1.61. The summed E-state index contributed by atoms with van der Waals surface area (Å²) < 4.78 is 5.48. The van der Waals surface area contributed by atoms with Crippen LogP contribution in [0.3, 0.4) is 0 Å². The molecule has 1 saturated carbocycles. The third-order valence-electron chi connectivity index (χ3n) is 5.34. The third-order valence-corrected chi connectivity index (χ3v) is 5.34. The smallest absolute Gasteiger partial charge is 0.226 e. The minimum Gasteiger partial charge on any atom is -0.396 e. The van der Waals surface area contributed by atoms with E-state index in [1.54, 1.807) is 0 Å². The number of carbonyl (C=O) groups is 1. The van der Waals surface area contributed by atoms with Crippen molar-refractivity contribution in [2.75, 3.05) is 38.2 Å². The molecule has 0 spiro atoms. The highest BCUT2D eigenvalue weighted by Crippen LogP contribution is 2.38. The van der Waals surface area contributed by atoms with Crippen LogP contribution in [0.5, 0.6) is 0 Å². The zero-order valence-corrected chi connectivity index (χ0v) is 14.3. The molecule has 0 atom stereocenters. The van der Waals surface area contributed by atoms with E-state index in [4.69, 9.17) is 9.84 Å². The normalized spacial score (nSPS) is 20.9. The molecule has 1 aromatic rings. The number of rotatable bonds is 6. The summed E-state index contributed by atoms with van der Waals surface area (Å²) in [5.74, 6) is 0.0956. The minimum absolute atomic E-state index is 0.0185. The molecule has 0 bridgehead atoms. The molecule has 2 fully saturated rings. The van der Waals surface area contributed by atoms with Crippen molar-refractivity contribution in [2.45, 2.75) is 44.1 Å². The highest BCUT2D eigenvalue weighted by atomic mass is 16.5. The lowest BCUT2D eigenvalue weighted by molar-refractivity contribution is -0.120. The number of carbonyl (C=O) groups excluding carboxylic acids is 1. The van der Waals surface area contributed by atoms with Crippen LogP contribution in [0.15, 0.2) is 24.3 Å². The summed E-state index contributed by atoms with van der Waals surface area (Å²) in [4.78, 5) is 15.1. The molecule has 2 aliphatic rings. The van der Waals surface area contributed by atoms with Gasteiger partial charge in [-0.1, -0.05) is 25.0 Å². The predicted octanol–water partition coefficient (Wildman–Crippen LogP) is 2.19. The zero-order valence-electron chi connectivity index (χ0n) is 14.3. The topological polar surface area (TPSA) is 61.8 Å². The first-order valence-corrected chi connectivity index (χ1v) is 9.04. The van der Waals surface area contributed by atoms with Crippen molar-refractivity contribution in [1.82, 2.24) is 4.90 Å². The summed E-state index contributed by atoms with van der Waals surface area (Å²) >= 11 is 0. The summed E-state index contributed by atoms with van der Waals surface area (Å²) in [7, 11) is 0. The van der Waals surface area contributed by atoms with E-state index in [9.17, 15) is 4.79 Å². The van der Waals surface area contributed by atoms with Crippen LogP contribution in [0.25, 0.3) is 0 Å². The molecule has 1 aliphatic carbocycles. The second-order valence-electron chi connectivity index (χ2n) is 6.93. The van der Waals surface area contributed by atoms with E-state index < -0.39 is 0 Å². The van der Waals surface area contributed by atoms with Gasteiger partial charge in [0.1, 0.15) is 0 Å². The van der Waals surface area contributed by atoms with Crippen molar-refractivity contribution in [2.24, 2.45) is 0 Å². The lowest BCUT2D eigenvalue weighted by atomic mass is 9.90. The van der Waals surface area contributed by atoms with Crippen LogP contribution in [0.4, 0.5) is 5.69 Å². The molecular weight excluding hydrogens is 304 g/mol. The highest BCUT2D eigenvalue weighted by Gasteiger charge is 2.41. The van der Waals surface area contributed by atoms with E-state index in [-0.39, 0.29) is 18.1 Å². The first-order chi connectivity index (χ1) is 11.7. The maximum atomic E-state index is 12.6. The van der Waals surface area contributed by atoms with E-state index in [2.05, 4.69) is 10.2 Å². The molecule has 1 aliphatic heterocycles. The summed E-state index contributed by atoms with van der Waals surface area (Å²) in [6.07, 6.45) is 5.84. The first kappa shape index (κ1) is 17.4. The van der Waals surface area contributed by atoms with Crippen LogP contribution in [-0.4, -0.2) is 54.4 Å². The van der Waals surface area contributed by atoms with Gasteiger partial charge in [0.2, 0.25) is 5.91 Å². The summed E-state index contributed by atoms with van der Waals surface area (Å²) in [5.41, 5.74) is 1.93. The second-order valence-corrected chi connectivity index (χ2v) is 6.93. The Labute approximate surface area is 144 Å². The number of benzene rings is 1. The molecule has 5 nitrogen and oxygen atoms in total. The number of nitrogens with zero attached hydrogens (tertiary/aromatic N) is 1. The molecule has 1 aromatic carbocycles. The van der Waals surface area contributed by atoms with Crippen molar-refractivity contribution in [3.8, 4) is 0 Å². The maximum absolute atomic E-state index is 12.6. The Hall–Kier alpha value is -1.43. The molecule has 24 heavy (non-hydrogen) atoms. The van der Waals surface area contributed by atoms with Gasteiger partial charge in [0.15, 0.2) is 0 Å². The summed E-state index contributed by atoms with van der Waals surface area (Å²) in [6, 6.07) is 7.75. The number of hydrogen-bond donors (Lipinski definition) is 2. The monoisotopic (exact) mass is 332 g/mol. The largest absolute Gasteiger partial charge is 0.396 e. The number of ether oxygens (including phenoxy) is 1. The number of anilines is 1. The maximum Gasteiger partial charge on any atom is 0.226 e. The van der Waals surface area contributed by atoms with Gasteiger partial charge in [0.05, 0.1) is 13.2 Å². The van der Waals surface area contributed by atoms with Crippen LogP contribution in [0.2, 0.25) is 0 Å². The van der Waals surface area contributed by atoms with Gasteiger partial charge in [-0.2, -0.15) is 0 Å². The van der Waals surface area contributed by atoms with E-state index in [0.717, 1.165) is 50.4 Å². The van der Waals surface area contributed by atoms with Crippen LogP contribution in [-0.2, 0) is 16.0 Å². The van der Waals surface area contributed by atoms with E-state index in [1.807, 2.05) is 24.3 Å². The minimum atomic E-state index is 0.0185. The van der Waals surface area contributed by atoms with E-state index >= 15 is 0 Å². The average molecular weight is 332 g/mol. The van der Waals surface area contributed by atoms with Crippen molar-refractivity contribution >= 4 is 11.6 Å². The fourth-order valence-electron chi connectivity index (χ4n) is 4.06. The number of hydrogen-bond acceptors (Lipinski definition) is 4. The number of amides is 1. The van der Waals surface area contributed by atoms with Crippen LogP contribution >= 0.6 is 0 Å². The van der Waals surface area contributed by atoms with Crippen LogP contribution in [0, 0.1) is 0 Å². The Bertz CT molecular complexity index is 532. The molecule has 132 valence electrons. The lowest BCUT2D eigenvalue weighted by Crippen LogP contribution is -2.53. The fraction of sp³-hybridized carbons (Fsp3) is 0.632. The molecule has 2 N–H and O–H groups in total. The van der Waals surface area contributed by atoms with Gasteiger partial charge < -0.3 is 15.2 Å². The summed E-state index contributed by atoms with van der Waals surface area (Å²) in [5, 5.41) is 12.0. The molecule has 3 rings (SSSR count). The third kappa shape index (κ3) is 4.15. The van der Waals surface area contributed by atoms with Gasteiger partial charge in [0, 0.05) is 37.3 Å². The van der Waals surface area contributed by atoms with E-state index in [0.29, 0.717) is 12.8 Å². The zero-order chi connectivity index (χ0) is 16.8. The molecule has 0 radical (unpaired) electrons. The number of morpholine rings is 1. The van der Waals surface area contributed by atoms with Crippen molar-refractivity contribution in [3.05, 3.63) is 29.8 Å². The Morgan fingerprint density at radius 1 is 1.17 bits per heavy atom. The van der Waals surface area contributed by atoms with Crippen LogP contribution in [0.1, 0.15) is 37.7 Å². The SMILES string of the molecule is O=C(CC1(N2CCOCC2)CCCC1)Nc1ccc(CCO)cc1. The van der Waals surface area contributed by atoms with Crippen LogP contribution < -0.4 is 5.32 Å². The first-order valence-electron chi connectivity index (χ1n) is 9.04. The highest BCUT2D eigenvalue weighted by molar-refractivity contribution is 5.91. The molecule has 0 aromatic heterocycles. The van der Waals surface area contributed by atoms with Crippen molar-refractivity contribution in [1.29, 1.82) is 0 Å². The Kier molecular flexibility index (Phi) is 5.87. The standard InChI is InChI=1S/C19H28N2O3/c22-12-7-16-3-5-17(6-4-16)20-18(23)15-19(8-1-2-9-19)21-10-13-24-14-11-21/h3-6,22H,1-2,7-15H2,(H,20,23). The quantitative estimate of drug-likeness (QED) is 0.838. The number of aliphatic hydroxyl groups excluding tert-OH is 1. The fourth-order valence-corrected chi connectivity index (χ4v) is 4.06. The van der Waals surface area contributed by atoms with Gasteiger partial charge in [-0.05, 0) is 37.0 Å². The molecule has 1 heterocycles. The molecule has 1 amide bonds.